The van der Waals surface area contributed by atoms with Crippen LogP contribution in [0.25, 0.3) is 0 Å². The van der Waals surface area contributed by atoms with Crippen LogP contribution in [0.15, 0.2) is 12.1 Å². The maximum atomic E-state index is 9.38. The summed E-state index contributed by atoms with van der Waals surface area (Å²) in [4.78, 5) is 0. The Balaban J connectivity index is 2.93. The second-order valence-corrected chi connectivity index (χ2v) is 3.87. The summed E-state index contributed by atoms with van der Waals surface area (Å²) in [6, 6.07) is 3.35. The minimum absolute atomic E-state index is 0.155. The molecule has 1 unspecified atom stereocenters. The number of thiol groups is 1. The fourth-order valence-corrected chi connectivity index (χ4v) is 1.49. The lowest BCUT2D eigenvalue weighted by Gasteiger charge is -2.15. The normalized spacial score (nSPS) is 11.8. The van der Waals surface area contributed by atoms with Crippen LogP contribution in [-0.2, 0) is 0 Å². The molecule has 0 amide bonds. The smallest absolute Gasteiger partial charge is 0.203 e. The molecular formula is C12H18O5S. The van der Waals surface area contributed by atoms with Gasteiger partial charge in [-0.15, -0.1) is 0 Å². The van der Waals surface area contributed by atoms with Crippen molar-refractivity contribution in [2.24, 2.45) is 0 Å². The molecule has 1 atom stereocenters. The summed E-state index contributed by atoms with van der Waals surface area (Å²) < 4.78 is 21.0. The van der Waals surface area contributed by atoms with Crippen molar-refractivity contribution in [3.05, 3.63) is 12.1 Å². The van der Waals surface area contributed by atoms with Crippen molar-refractivity contribution in [3.8, 4) is 23.0 Å². The SMILES string of the molecule is COc1cc(OCC(O)CS)cc(OC)c1OC. The highest BCUT2D eigenvalue weighted by atomic mass is 32.1. The lowest BCUT2D eigenvalue weighted by Crippen LogP contribution is -2.18. The highest BCUT2D eigenvalue weighted by Gasteiger charge is 2.14. The van der Waals surface area contributed by atoms with Crippen LogP contribution in [0.3, 0.4) is 0 Å². The third-order valence-electron chi connectivity index (χ3n) is 2.29. The summed E-state index contributed by atoms with van der Waals surface area (Å²) in [7, 11) is 4.60. The molecule has 6 heteroatoms. The monoisotopic (exact) mass is 274 g/mol. The van der Waals surface area contributed by atoms with E-state index in [4.69, 9.17) is 18.9 Å². The van der Waals surface area contributed by atoms with Crippen LogP contribution < -0.4 is 18.9 Å². The highest BCUT2D eigenvalue weighted by molar-refractivity contribution is 7.80. The summed E-state index contributed by atoms with van der Waals surface area (Å²) in [5, 5.41) is 9.38. The first kappa shape index (κ1) is 14.8. The molecule has 0 fully saturated rings. The predicted molar refractivity (Wildman–Crippen MR) is 71.5 cm³/mol. The van der Waals surface area contributed by atoms with Gasteiger partial charge in [0.25, 0.3) is 0 Å². The molecule has 0 bridgehead atoms. The number of ether oxygens (including phenoxy) is 4. The first-order valence-electron chi connectivity index (χ1n) is 5.38. The fourth-order valence-electron chi connectivity index (χ4n) is 1.39. The topological polar surface area (TPSA) is 57.2 Å². The average Bonchev–Trinajstić information content (AvgIpc) is 2.43. The second-order valence-electron chi connectivity index (χ2n) is 3.51. The van der Waals surface area contributed by atoms with Gasteiger partial charge >= 0.3 is 0 Å². The molecule has 0 radical (unpaired) electrons. The number of hydrogen-bond acceptors (Lipinski definition) is 6. The van der Waals surface area contributed by atoms with Crippen LogP contribution >= 0.6 is 12.6 Å². The summed E-state index contributed by atoms with van der Waals surface area (Å²) in [6.07, 6.45) is -0.618. The van der Waals surface area contributed by atoms with Gasteiger partial charge in [0.1, 0.15) is 12.4 Å². The molecule has 0 heterocycles. The number of aliphatic hydroxyl groups excluding tert-OH is 1. The highest BCUT2D eigenvalue weighted by Crippen LogP contribution is 2.40. The molecule has 1 rings (SSSR count). The number of rotatable bonds is 7. The molecule has 0 saturated heterocycles. The van der Waals surface area contributed by atoms with Gasteiger partial charge in [-0.3, -0.25) is 0 Å². The van der Waals surface area contributed by atoms with E-state index in [-0.39, 0.29) is 6.61 Å². The standard InChI is InChI=1S/C12H18O5S/c1-14-10-4-9(17-6-8(13)7-18)5-11(15-2)12(10)16-3/h4-5,8,13,18H,6-7H2,1-3H3. The first-order chi connectivity index (χ1) is 8.65. The van der Waals surface area contributed by atoms with Crippen molar-refractivity contribution in [3.63, 3.8) is 0 Å². The quantitative estimate of drug-likeness (QED) is 0.736. The van der Waals surface area contributed by atoms with E-state index in [1.807, 2.05) is 0 Å². The van der Waals surface area contributed by atoms with Gasteiger partial charge < -0.3 is 24.1 Å². The van der Waals surface area contributed by atoms with Crippen LogP contribution in [0, 0.1) is 0 Å². The molecule has 5 nitrogen and oxygen atoms in total. The lowest BCUT2D eigenvalue weighted by atomic mass is 10.2. The summed E-state index contributed by atoms with van der Waals surface area (Å²) in [5.74, 6) is 2.39. The van der Waals surface area contributed by atoms with E-state index in [1.165, 1.54) is 21.3 Å². The van der Waals surface area contributed by atoms with Gasteiger partial charge in [-0.25, -0.2) is 0 Å². The van der Waals surface area contributed by atoms with Crippen LogP contribution in [0.4, 0.5) is 0 Å². The van der Waals surface area contributed by atoms with Gasteiger partial charge in [-0.2, -0.15) is 12.6 Å². The Labute approximate surface area is 112 Å². The molecule has 0 aliphatic heterocycles. The van der Waals surface area contributed by atoms with Crippen LogP contribution in [0.2, 0.25) is 0 Å². The Morgan fingerprint density at radius 2 is 1.67 bits per heavy atom. The van der Waals surface area contributed by atoms with E-state index in [0.29, 0.717) is 28.8 Å². The van der Waals surface area contributed by atoms with Gasteiger partial charge in [0.2, 0.25) is 5.75 Å². The van der Waals surface area contributed by atoms with Gasteiger partial charge in [0.15, 0.2) is 11.5 Å². The third kappa shape index (κ3) is 3.61. The van der Waals surface area contributed by atoms with Crippen molar-refractivity contribution in [2.45, 2.75) is 6.10 Å². The van der Waals surface area contributed by atoms with E-state index in [1.54, 1.807) is 12.1 Å². The third-order valence-corrected chi connectivity index (χ3v) is 2.71. The molecule has 0 aromatic heterocycles. The van der Waals surface area contributed by atoms with E-state index in [9.17, 15) is 5.11 Å². The van der Waals surface area contributed by atoms with E-state index >= 15 is 0 Å². The Morgan fingerprint density at radius 1 is 1.11 bits per heavy atom. The maximum Gasteiger partial charge on any atom is 0.203 e. The molecule has 1 aromatic rings. The number of benzene rings is 1. The van der Waals surface area contributed by atoms with Crippen molar-refractivity contribution in [1.29, 1.82) is 0 Å². The first-order valence-corrected chi connectivity index (χ1v) is 6.01. The van der Waals surface area contributed by atoms with E-state index < -0.39 is 6.10 Å². The molecule has 0 aliphatic carbocycles. The van der Waals surface area contributed by atoms with E-state index in [0.717, 1.165) is 0 Å². The van der Waals surface area contributed by atoms with Crippen molar-refractivity contribution < 1.29 is 24.1 Å². The van der Waals surface area contributed by atoms with Gasteiger partial charge in [-0.05, 0) is 0 Å². The summed E-state index contributed by atoms with van der Waals surface area (Å²) in [5.41, 5.74) is 0. The van der Waals surface area contributed by atoms with Crippen LogP contribution in [-0.4, -0.2) is 44.9 Å². The van der Waals surface area contributed by atoms with Gasteiger partial charge in [0.05, 0.1) is 27.4 Å². The lowest BCUT2D eigenvalue weighted by molar-refractivity contribution is 0.126. The van der Waals surface area contributed by atoms with Crippen molar-refractivity contribution in [1.82, 2.24) is 0 Å². The minimum Gasteiger partial charge on any atom is -0.493 e. The zero-order valence-electron chi connectivity index (χ0n) is 10.7. The summed E-state index contributed by atoms with van der Waals surface area (Å²) >= 11 is 3.97. The van der Waals surface area contributed by atoms with Gasteiger partial charge in [-0.1, -0.05) is 0 Å². The zero-order valence-corrected chi connectivity index (χ0v) is 11.6. The fraction of sp³-hybridized carbons (Fsp3) is 0.500. The number of aliphatic hydroxyl groups is 1. The molecule has 0 aliphatic rings. The Morgan fingerprint density at radius 3 is 2.06 bits per heavy atom. The molecular weight excluding hydrogens is 256 g/mol. The molecule has 0 saturated carbocycles. The molecule has 102 valence electrons. The van der Waals surface area contributed by atoms with Crippen molar-refractivity contribution in [2.75, 3.05) is 33.7 Å². The predicted octanol–water partition coefficient (Wildman–Crippen LogP) is 1.38. The molecule has 18 heavy (non-hydrogen) atoms. The maximum absolute atomic E-state index is 9.38. The Bertz CT molecular complexity index is 358. The van der Waals surface area contributed by atoms with E-state index in [2.05, 4.69) is 12.6 Å². The van der Waals surface area contributed by atoms with Crippen molar-refractivity contribution >= 4 is 12.6 Å². The number of hydrogen-bond donors (Lipinski definition) is 2. The van der Waals surface area contributed by atoms with Crippen LogP contribution in [0.1, 0.15) is 0 Å². The van der Waals surface area contributed by atoms with Gasteiger partial charge in [0, 0.05) is 17.9 Å². The Kier molecular flexibility index (Phi) is 5.94. The molecule has 1 aromatic carbocycles. The summed E-state index contributed by atoms with van der Waals surface area (Å²) in [6.45, 7) is 0.155. The minimum atomic E-state index is -0.618. The Hall–Kier alpha value is -1.27. The zero-order chi connectivity index (χ0) is 13.5. The number of methoxy groups -OCH3 is 3. The molecule has 0 spiro atoms. The molecule has 1 N–H and O–H groups in total. The average molecular weight is 274 g/mol. The van der Waals surface area contributed by atoms with Crippen LogP contribution in [0.5, 0.6) is 23.0 Å². The second kappa shape index (κ2) is 7.23. The largest absolute Gasteiger partial charge is 0.493 e.